The van der Waals surface area contributed by atoms with Crippen molar-refractivity contribution in [2.75, 3.05) is 40.0 Å². The van der Waals surface area contributed by atoms with Gasteiger partial charge in [-0.15, -0.1) is 0 Å². The standard InChI is InChI=1S/C15H26N2O4/c1-3-12-14(18)16-7-5-4-6-13(16)15(19)17(12)8-9-21-11-10-20-2/h12-13H,3-11H2,1-2H3. The normalized spacial score (nSPS) is 26.2. The van der Waals surface area contributed by atoms with Gasteiger partial charge in [0.15, 0.2) is 0 Å². The molecule has 0 radical (unpaired) electrons. The molecule has 2 fully saturated rings. The Morgan fingerprint density at radius 1 is 1.14 bits per heavy atom. The third kappa shape index (κ3) is 3.55. The summed E-state index contributed by atoms with van der Waals surface area (Å²) in [5.74, 6) is 0.204. The van der Waals surface area contributed by atoms with Crippen molar-refractivity contribution >= 4 is 11.8 Å². The Morgan fingerprint density at radius 3 is 2.67 bits per heavy atom. The van der Waals surface area contributed by atoms with Crippen LogP contribution in [-0.2, 0) is 19.1 Å². The maximum atomic E-state index is 12.6. The SMILES string of the molecule is CCC1C(=O)N2CCCCC2C(=O)N1CCOCCOC. The van der Waals surface area contributed by atoms with Crippen LogP contribution in [0.5, 0.6) is 0 Å². The first-order chi connectivity index (χ1) is 10.2. The Balaban J connectivity index is 1.97. The van der Waals surface area contributed by atoms with Crippen LogP contribution in [0.2, 0.25) is 0 Å². The van der Waals surface area contributed by atoms with Crippen molar-refractivity contribution in [2.24, 2.45) is 0 Å². The van der Waals surface area contributed by atoms with Crippen molar-refractivity contribution in [3.05, 3.63) is 0 Å². The number of methoxy groups -OCH3 is 1. The topological polar surface area (TPSA) is 59.1 Å². The molecule has 2 amide bonds. The van der Waals surface area contributed by atoms with Crippen LogP contribution in [0.4, 0.5) is 0 Å². The quantitative estimate of drug-likeness (QED) is 0.648. The Hall–Kier alpha value is -1.14. The lowest BCUT2D eigenvalue weighted by atomic mass is 9.94. The molecule has 6 nitrogen and oxygen atoms in total. The van der Waals surface area contributed by atoms with E-state index in [4.69, 9.17) is 9.47 Å². The molecule has 120 valence electrons. The van der Waals surface area contributed by atoms with Crippen molar-refractivity contribution in [2.45, 2.75) is 44.7 Å². The number of piperazine rings is 1. The Bertz CT molecular complexity index is 375. The van der Waals surface area contributed by atoms with Crippen molar-refractivity contribution in [3.63, 3.8) is 0 Å². The van der Waals surface area contributed by atoms with Gasteiger partial charge in [0.2, 0.25) is 11.8 Å². The smallest absolute Gasteiger partial charge is 0.246 e. The second-order valence-electron chi connectivity index (χ2n) is 5.60. The molecule has 21 heavy (non-hydrogen) atoms. The number of fused-ring (bicyclic) bond motifs is 1. The molecule has 2 rings (SSSR count). The molecule has 0 bridgehead atoms. The van der Waals surface area contributed by atoms with Crippen LogP contribution in [0, 0.1) is 0 Å². The zero-order valence-electron chi connectivity index (χ0n) is 13.0. The molecular weight excluding hydrogens is 272 g/mol. The van der Waals surface area contributed by atoms with E-state index in [-0.39, 0.29) is 23.9 Å². The minimum atomic E-state index is -0.321. The fourth-order valence-corrected chi connectivity index (χ4v) is 3.19. The molecule has 0 spiro atoms. The first-order valence-electron chi connectivity index (χ1n) is 7.88. The molecule has 0 aromatic carbocycles. The molecule has 0 N–H and O–H groups in total. The lowest BCUT2D eigenvalue weighted by Gasteiger charge is -2.46. The Kier molecular flexibility index (Phi) is 5.99. The van der Waals surface area contributed by atoms with Crippen LogP contribution in [0.3, 0.4) is 0 Å². The predicted octanol–water partition coefficient (Wildman–Crippen LogP) is 0.651. The van der Waals surface area contributed by atoms with Crippen molar-refractivity contribution in [1.29, 1.82) is 0 Å². The number of carbonyl (C=O) groups excluding carboxylic acids is 2. The van der Waals surface area contributed by atoms with Gasteiger partial charge in [0.1, 0.15) is 12.1 Å². The Labute approximate surface area is 126 Å². The fourth-order valence-electron chi connectivity index (χ4n) is 3.19. The van der Waals surface area contributed by atoms with Crippen molar-refractivity contribution < 1.29 is 19.1 Å². The van der Waals surface area contributed by atoms with E-state index in [1.807, 2.05) is 6.92 Å². The van der Waals surface area contributed by atoms with Gasteiger partial charge >= 0.3 is 0 Å². The van der Waals surface area contributed by atoms with E-state index < -0.39 is 0 Å². The number of amides is 2. The monoisotopic (exact) mass is 298 g/mol. The van der Waals surface area contributed by atoms with Gasteiger partial charge in [-0.25, -0.2) is 0 Å². The van der Waals surface area contributed by atoms with E-state index in [0.29, 0.717) is 32.8 Å². The number of rotatable bonds is 7. The zero-order chi connectivity index (χ0) is 15.2. The van der Waals surface area contributed by atoms with E-state index in [0.717, 1.165) is 25.8 Å². The number of carbonyl (C=O) groups is 2. The molecule has 0 aromatic rings. The summed E-state index contributed by atoms with van der Waals surface area (Å²) < 4.78 is 10.4. The molecule has 0 aromatic heterocycles. The first kappa shape index (κ1) is 16.2. The van der Waals surface area contributed by atoms with E-state index in [1.165, 1.54) is 0 Å². The van der Waals surface area contributed by atoms with Crippen LogP contribution in [0.1, 0.15) is 32.6 Å². The van der Waals surface area contributed by atoms with Gasteiger partial charge in [-0.05, 0) is 25.7 Å². The largest absolute Gasteiger partial charge is 0.382 e. The van der Waals surface area contributed by atoms with Crippen LogP contribution in [0.15, 0.2) is 0 Å². The molecule has 2 aliphatic heterocycles. The summed E-state index contributed by atoms with van der Waals surface area (Å²) in [5.41, 5.74) is 0. The van der Waals surface area contributed by atoms with E-state index in [2.05, 4.69) is 0 Å². The van der Waals surface area contributed by atoms with Gasteiger partial charge in [-0.3, -0.25) is 9.59 Å². The van der Waals surface area contributed by atoms with E-state index in [1.54, 1.807) is 16.9 Å². The highest BCUT2D eigenvalue weighted by Crippen LogP contribution is 2.27. The van der Waals surface area contributed by atoms with Crippen molar-refractivity contribution in [1.82, 2.24) is 9.80 Å². The van der Waals surface area contributed by atoms with Crippen LogP contribution in [0.25, 0.3) is 0 Å². The average molecular weight is 298 g/mol. The van der Waals surface area contributed by atoms with Gasteiger partial charge in [-0.2, -0.15) is 0 Å². The maximum absolute atomic E-state index is 12.6. The molecular formula is C15H26N2O4. The Morgan fingerprint density at radius 2 is 1.95 bits per heavy atom. The van der Waals surface area contributed by atoms with E-state index >= 15 is 0 Å². The first-order valence-corrected chi connectivity index (χ1v) is 7.88. The van der Waals surface area contributed by atoms with Gasteiger partial charge in [0.25, 0.3) is 0 Å². The lowest BCUT2D eigenvalue weighted by molar-refractivity contribution is -0.164. The summed E-state index contributed by atoms with van der Waals surface area (Å²) in [4.78, 5) is 28.7. The maximum Gasteiger partial charge on any atom is 0.246 e. The molecule has 2 unspecified atom stereocenters. The highest BCUT2D eigenvalue weighted by molar-refractivity contribution is 5.97. The molecule has 2 heterocycles. The highest BCUT2D eigenvalue weighted by Gasteiger charge is 2.45. The van der Waals surface area contributed by atoms with Crippen molar-refractivity contribution in [3.8, 4) is 0 Å². The molecule has 6 heteroatoms. The van der Waals surface area contributed by atoms with Gasteiger partial charge < -0.3 is 19.3 Å². The van der Waals surface area contributed by atoms with Crippen LogP contribution in [-0.4, -0.2) is 73.7 Å². The molecule has 0 saturated carbocycles. The lowest BCUT2D eigenvalue weighted by Crippen LogP contribution is -2.66. The summed E-state index contributed by atoms with van der Waals surface area (Å²) in [6, 6.07) is -0.564. The predicted molar refractivity (Wildman–Crippen MR) is 77.8 cm³/mol. The average Bonchev–Trinajstić information content (AvgIpc) is 2.52. The fraction of sp³-hybridized carbons (Fsp3) is 0.867. The zero-order valence-corrected chi connectivity index (χ0v) is 13.0. The molecule has 0 aliphatic carbocycles. The third-order valence-electron chi connectivity index (χ3n) is 4.31. The second-order valence-corrected chi connectivity index (χ2v) is 5.60. The minimum Gasteiger partial charge on any atom is -0.382 e. The summed E-state index contributed by atoms with van der Waals surface area (Å²) in [5, 5.41) is 0. The second kappa shape index (κ2) is 7.75. The number of nitrogens with zero attached hydrogens (tertiary/aromatic N) is 2. The number of piperidine rings is 1. The molecule has 2 saturated heterocycles. The molecule has 2 aliphatic rings. The molecule has 2 atom stereocenters. The number of hydrogen-bond acceptors (Lipinski definition) is 4. The highest BCUT2D eigenvalue weighted by atomic mass is 16.5. The number of ether oxygens (including phenoxy) is 2. The summed E-state index contributed by atoms with van der Waals surface area (Å²) in [6.45, 7) is 4.67. The van der Waals surface area contributed by atoms with Crippen LogP contribution < -0.4 is 0 Å². The summed E-state index contributed by atoms with van der Waals surface area (Å²) >= 11 is 0. The van der Waals surface area contributed by atoms with E-state index in [9.17, 15) is 9.59 Å². The van der Waals surface area contributed by atoms with Gasteiger partial charge in [-0.1, -0.05) is 6.92 Å². The van der Waals surface area contributed by atoms with Crippen LogP contribution >= 0.6 is 0 Å². The minimum absolute atomic E-state index is 0.0940. The summed E-state index contributed by atoms with van der Waals surface area (Å²) in [7, 11) is 1.63. The number of hydrogen-bond donors (Lipinski definition) is 0. The van der Waals surface area contributed by atoms with Gasteiger partial charge in [0, 0.05) is 20.2 Å². The summed E-state index contributed by atoms with van der Waals surface area (Å²) in [6.07, 6.45) is 3.48. The van der Waals surface area contributed by atoms with Gasteiger partial charge in [0.05, 0.1) is 19.8 Å². The third-order valence-corrected chi connectivity index (χ3v) is 4.31.